The maximum atomic E-state index is 12.1. The molecule has 0 unspecified atom stereocenters. The average Bonchev–Trinajstić information content (AvgIpc) is 2.93. The molecule has 140 valence electrons. The molecule has 9 nitrogen and oxygen atoms in total. The monoisotopic (exact) mass is 398 g/mol. The van der Waals surface area contributed by atoms with Crippen LogP contribution in [0.5, 0.6) is 5.75 Å². The van der Waals surface area contributed by atoms with E-state index in [0.717, 1.165) is 11.3 Å². The van der Waals surface area contributed by atoms with Crippen molar-refractivity contribution in [3.63, 3.8) is 0 Å². The molecule has 0 aliphatic carbocycles. The molecular weight excluding hydrogens is 380 g/mol. The third kappa shape index (κ3) is 6.08. The molecule has 1 heterocycles. The third-order valence-electron chi connectivity index (χ3n) is 2.94. The molecule has 0 saturated heterocycles. The highest BCUT2D eigenvalue weighted by Crippen LogP contribution is 2.23. The quantitative estimate of drug-likeness (QED) is 0.685. The number of ether oxygens (including phenoxy) is 1. The van der Waals surface area contributed by atoms with Gasteiger partial charge in [-0.2, -0.15) is 0 Å². The fourth-order valence-corrected chi connectivity index (χ4v) is 3.64. The molecule has 0 radical (unpaired) electrons. The molecule has 0 aliphatic heterocycles. The van der Waals surface area contributed by atoms with Crippen LogP contribution in [0.15, 0.2) is 24.3 Å². The van der Waals surface area contributed by atoms with E-state index in [1.807, 2.05) is 0 Å². The zero-order chi connectivity index (χ0) is 19.2. The molecule has 0 aliphatic rings. The standard InChI is InChI=1S/C15H18N4O5S2/c1-3-24-12-7-5-4-6-11(12)16-13(20)8-26(22,23)9-14(21)17-15-19-18-10(2)25-15/h4-7H,3,8-9H2,1-2H3,(H,16,20)(H,17,19,21). The number of hydrogen-bond donors (Lipinski definition) is 2. The highest BCUT2D eigenvalue weighted by Gasteiger charge is 2.22. The van der Waals surface area contributed by atoms with E-state index >= 15 is 0 Å². The molecular formula is C15H18N4O5S2. The Morgan fingerprint density at radius 1 is 1.12 bits per heavy atom. The van der Waals surface area contributed by atoms with Crippen molar-refractivity contribution in [2.24, 2.45) is 0 Å². The van der Waals surface area contributed by atoms with Crippen LogP contribution in [-0.2, 0) is 19.4 Å². The van der Waals surface area contributed by atoms with Crippen LogP contribution in [0, 0.1) is 6.92 Å². The minimum atomic E-state index is -3.95. The second kappa shape index (κ2) is 8.72. The van der Waals surface area contributed by atoms with Crippen LogP contribution >= 0.6 is 11.3 Å². The van der Waals surface area contributed by atoms with E-state index < -0.39 is 33.2 Å². The van der Waals surface area contributed by atoms with E-state index in [9.17, 15) is 18.0 Å². The summed E-state index contributed by atoms with van der Waals surface area (Å²) in [6.45, 7) is 3.89. The largest absolute Gasteiger partial charge is 0.492 e. The molecule has 2 amide bonds. The Kier molecular flexibility index (Phi) is 6.64. The number of sulfone groups is 1. The molecule has 1 aromatic carbocycles. The molecule has 0 atom stereocenters. The summed E-state index contributed by atoms with van der Waals surface area (Å²) in [5, 5.41) is 13.1. The van der Waals surface area contributed by atoms with E-state index in [2.05, 4.69) is 20.8 Å². The lowest BCUT2D eigenvalue weighted by Crippen LogP contribution is -2.30. The molecule has 2 rings (SSSR count). The number of anilines is 2. The molecule has 0 fully saturated rings. The van der Waals surface area contributed by atoms with E-state index in [1.54, 1.807) is 38.1 Å². The van der Waals surface area contributed by atoms with Gasteiger partial charge in [0, 0.05) is 0 Å². The van der Waals surface area contributed by atoms with E-state index in [4.69, 9.17) is 4.74 Å². The van der Waals surface area contributed by atoms with Crippen LogP contribution in [-0.4, -0.2) is 48.5 Å². The first kappa shape index (κ1) is 19.8. The van der Waals surface area contributed by atoms with Crippen LogP contribution < -0.4 is 15.4 Å². The Morgan fingerprint density at radius 2 is 1.77 bits per heavy atom. The van der Waals surface area contributed by atoms with E-state index in [1.165, 1.54) is 0 Å². The Bertz CT molecular complexity index is 895. The third-order valence-corrected chi connectivity index (χ3v) is 5.09. The van der Waals surface area contributed by atoms with Gasteiger partial charge >= 0.3 is 0 Å². The fourth-order valence-electron chi connectivity index (χ4n) is 1.99. The summed E-state index contributed by atoms with van der Waals surface area (Å²) < 4.78 is 29.5. The molecule has 0 bridgehead atoms. The van der Waals surface area contributed by atoms with Crippen molar-refractivity contribution >= 4 is 43.8 Å². The van der Waals surface area contributed by atoms with Crippen molar-refractivity contribution < 1.29 is 22.7 Å². The molecule has 1 aromatic heterocycles. The molecule has 11 heteroatoms. The van der Waals surface area contributed by atoms with Gasteiger partial charge in [-0.1, -0.05) is 23.5 Å². The second-order valence-corrected chi connectivity index (χ2v) is 8.43. The number of para-hydroxylation sites is 2. The average molecular weight is 398 g/mol. The zero-order valence-electron chi connectivity index (χ0n) is 14.2. The zero-order valence-corrected chi connectivity index (χ0v) is 15.8. The number of hydrogen-bond acceptors (Lipinski definition) is 8. The molecule has 0 saturated carbocycles. The molecule has 0 spiro atoms. The van der Waals surface area contributed by atoms with E-state index in [-0.39, 0.29) is 5.13 Å². The number of carbonyl (C=O) groups excluding carboxylic acids is 2. The van der Waals surface area contributed by atoms with Crippen LogP contribution in [0.4, 0.5) is 10.8 Å². The summed E-state index contributed by atoms with van der Waals surface area (Å²) in [5.74, 6) is -2.74. The van der Waals surface area contributed by atoms with E-state index in [0.29, 0.717) is 23.1 Å². The van der Waals surface area contributed by atoms with Gasteiger partial charge in [-0.25, -0.2) is 8.42 Å². The number of benzene rings is 1. The number of amides is 2. The summed E-state index contributed by atoms with van der Waals surface area (Å²) >= 11 is 1.12. The summed E-state index contributed by atoms with van der Waals surface area (Å²) in [5.41, 5.74) is 0.364. The first-order valence-corrected chi connectivity index (χ1v) is 10.2. The van der Waals surface area contributed by atoms with Crippen molar-refractivity contribution in [3.8, 4) is 5.75 Å². The summed E-state index contributed by atoms with van der Waals surface area (Å²) in [7, 11) is -3.95. The van der Waals surface area contributed by atoms with Gasteiger partial charge in [-0.05, 0) is 26.0 Å². The Morgan fingerprint density at radius 3 is 2.38 bits per heavy atom. The van der Waals surface area contributed by atoms with Crippen molar-refractivity contribution in [1.29, 1.82) is 0 Å². The van der Waals surface area contributed by atoms with Gasteiger partial charge in [-0.3, -0.25) is 14.9 Å². The van der Waals surface area contributed by atoms with Crippen LogP contribution in [0.3, 0.4) is 0 Å². The maximum absolute atomic E-state index is 12.1. The minimum Gasteiger partial charge on any atom is -0.492 e. The number of carbonyl (C=O) groups is 2. The lowest BCUT2D eigenvalue weighted by molar-refractivity contribution is -0.114. The van der Waals surface area contributed by atoms with Gasteiger partial charge in [0.2, 0.25) is 16.9 Å². The highest BCUT2D eigenvalue weighted by molar-refractivity contribution is 7.92. The Labute approximate surface area is 154 Å². The predicted molar refractivity (Wildman–Crippen MR) is 98.2 cm³/mol. The molecule has 2 N–H and O–H groups in total. The summed E-state index contributed by atoms with van der Waals surface area (Å²) in [6, 6.07) is 6.67. The van der Waals surface area contributed by atoms with Gasteiger partial charge in [0.1, 0.15) is 22.3 Å². The normalized spacial score (nSPS) is 11.0. The van der Waals surface area contributed by atoms with Gasteiger partial charge in [0.05, 0.1) is 12.3 Å². The predicted octanol–water partition coefficient (Wildman–Crippen LogP) is 1.24. The number of aromatic nitrogens is 2. The number of nitrogens with zero attached hydrogens (tertiary/aromatic N) is 2. The van der Waals surface area contributed by atoms with Crippen molar-refractivity contribution in [2.45, 2.75) is 13.8 Å². The first-order valence-electron chi connectivity index (χ1n) is 7.61. The summed E-state index contributed by atoms with van der Waals surface area (Å²) in [4.78, 5) is 23.8. The second-order valence-electron chi connectivity index (χ2n) is 5.18. The van der Waals surface area contributed by atoms with Gasteiger partial charge in [0.15, 0.2) is 9.84 Å². The van der Waals surface area contributed by atoms with Crippen molar-refractivity contribution in [3.05, 3.63) is 29.3 Å². The number of rotatable bonds is 8. The molecule has 26 heavy (non-hydrogen) atoms. The minimum absolute atomic E-state index is 0.206. The topological polar surface area (TPSA) is 127 Å². The lowest BCUT2D eigenvalue weighted by atomic mass is 10.3. The van der Waals surface area contributed by atoms with Gasteiger partial charge in [-0.15, -0.1) is 10.2 Å². The maximum Gasteiger partial charge on any atom is 0.241 e. The van der Waals surface area contributed by atoms with Crippen LogP contribution in [0.1, 0.15) is 11.9 Å². The number of aryl methyl sites for hydroxylation is 1. The molecule has 2 aromatic rings. The van der Waals surface area contributed by atoms with Crippen molar-refractivity contribution in [1.82, 2.24) is 10.2 Å². The Balaban J connectivity index is 1.93. The van der Waals surface area contributed by atoms with Gasteiger partial charge < -0.3 is 10.1 Å². The first-order chi connectivity index (χ1) is 12.3. The van der Waals surface area contributed by atoms with Crippen LogP contribution in [0.25, 0.3) is 0 Å². The SMILES string of the molecule is CCOc1ccccc1NC(=O)CS(=O)(=O)CC(=O)Nc1nnc(C)s1. The fraction of sp³-hybridized carbons (Fsp3) is 0.333. The van der Waals surface area contributed by atoms with Crippen LogP contribution in [0.2, 0.25) is 0 Å². The summed E-state index contributed by atoms with van der Waals surface area (Å²) in [6.07, 6.45) is 0. The highest BCUT2D eigenvalue weighted by atomic mass is 32.2. The lowest BCUT2D eigenvalue weighted by Gasteiger charge is -2.11. The van der Waals surface area contributed by atoms with Gasteiger partial charge in [0.25, 0.3) is 0 Å². The Hall–Kier alpha value is -2.53. The number of nitrogens with one attached hydrogen (secondary N) is 2. The van der Waals surface area contributed by atoms with Crippen molar-refractivity contribution in [2.75, 3.05) is 28.7 Å². The smallest absolute Gasteiger partial charge is 0.241 e.